The SMILES string of the molecule is COc1c(C)c(C)cc(C)c1C(N)C#N. The van der Waals surface area contributed by atoms with Crippen LogP contribution in [0.5, 0.6) is 5.75 Å². The molecule has 1 rings (SSSR count). The summed E-state index contributed by atoms with van der Waals surface area (Å²) in [5.41, 5.74) is 9.74. The number of aryl methyl sites for hydroxylation is 2. The van der Waals surface area contributed by atoms with Crippen LogP contribution in [0.2, 0.25) is 0 Å². The molecule has 0 heterocycles. The molecule has 3 heteroatoms. The van der Waals surface area contributed by atoms with E-state index in [1.807, 2.05) is 32.9 Å². The third-order valence-electron chi connectivity index (χ3n) is 2.69. The van der Waals surface area contributed by atoms with Gasteiger partial charge in [0.1, 0.15) is 11.8 Å². The van der Waals surface area contributed by atoms with Crippen LogP contribution in [-0.2, 0) is 0 Å². The van der Waals surface area contributed by atoms with Gasteiger partial charge in [0.15, 0.2) is 0 Å². The van der Waals surface area contributed by atoms with Gasteiger partial charge in [0, 0.05) is 5.56 Å². The molecule has 1 unspecified atom stereocenters. The summed E-state index contributed by atoms with van der Waals surface area (Å²) >= 11 is 0. The molecule has 0 saturated carbocycles. The lowest BCUT2D eigenvalue weighted by Crippen LogP contribution is -2.12. The lowest BCUT2D eigenvalue weighted by molar-refractivity contribution is 0.404. The van der Waals surface area contributed by atoms with E-state index in [0.717, 1.165) is 28.0 Å². The van der Waals surface area contributed by atoms with E-state index in [0.29, 0.717) is 0 Å². The first-order valence-corrected chi connectivity index (χ1v) is 4.82. The van der Waals surface area contributed by atoms with Gasteiger partial charge in [0.2, 0.25) is 0 Å². The van der Waals surface area contributed by atoms with Crippen LogP contribution in [0.1, 0.15) is 28.3 Å². The molecule has 0 bridgehead atoms. The molecule has 80 valence electrons. The highest BCUT2D eigenvalue weighted by Crippen LogP contribution is 2.32. The predicted octanol–water partition coefficient (Wildman–Crippen LogP) is 2.14. The molecule has 0 radical (unpaired) electrons. The van der Waals surface area contributed by atoms with Gasteiger partial charge >= 0.3 is 0 Å². The Morgan fingerprint density at radius 1 is 1.33 bits per heavy atom. The van der Waals surface area contributed by atoms with Crippen LogP contribution < -0.4 is 10.5 Å². The fourth-order valence-electron chi connectivity index (χ4n) is 1.79. The predicted molar refractivity (Wildman–Crippen MR) is 59.7 cm³/mol. The number of ether oxygens (including phenoxy) is 1. The summed E-state index contributed by atoms with van der Waals surface area (Å²) in [6.45, 7) is 5.94. The van der Waals surface area contributed by atoms with Crippen LogP contribution in [0.3, 0.4) is 0 Å². The minimum absolute atomic E-state index is 0.626. The summed E-state index contributed by atoms with van der Waals surface area (Å²) in [5, 5.41) is 8.86. The third-order valence-corrected chi connectivity index (χ3v) is 2.69. The number of benzene rings is 1. The maximum Gasteiger partial charge on any atom is 0.128 e. The molecule has 0 aromatic heterocycles. The van der Waals surface area contributed by atoms with E-state index in [1.54, 1.807) is 7.11 Å². The molecule has 15 heavy (non-hydrogen) atoms. The van der Waals surface area contributed by atoms with Crippen molar-refractivity contribution in [2.24, 2.45) is 5.73 Å². The second-order valence-electron chi connectivity index (χ2n) is 3.69. The van der Waals surface area contributed by atoms with E-state index in [9.17, 15) is 0 Å². The zero-order chi connectivity index (χ0) is 11.6. The summed E-state index contributed by atoms with van der Waals surface area (Å²) in [7, 11) is 1.61. The Morgan fingerprint density at radius 2 is 1.93 bits per heavy atom. The van der Waals surface area contributed by atoms with Crippen molar-refractivity contribution in [3.8, 4) is 11.8 Å². The van der Waals surface area contributed by atoms with Gasteiger partial charge in [-0.1, -0.05) is 6.07 Å². The number of hydrogen-bond donors (Lipinski definition) is 1. The van der Waals surface area contributed by atoms with Gasteiger partial charge in [0.25, 0.3) is 0 Å². The molecular weight excluding hydrogens is 188 g/mol. The Bertz CT molecular complexity index is 419. The lowest BCUT2D eigenvalue weighted by Gasteiger charge is -2.17. The van der Waals surface area contributed by atoms with E-state index >= 15 is 0 Å². The Morgan fingerprint density at radius 3 is 2.40 bits per heavy atom. The summed E-state index contributed by atoms with van der Waals surface area (Å²) in [5.74, 6) is 0.738. The number of methoxy groups -OCH3 is 1. The highest BCUT2D eigenvalue weighted by molar-refractivity contribution is 5.52. The molecule has 1 atom stereocenters. The van der Waals surface area contributed by atoms with E-state index in [4.69, 9.17) is 15.7 Å². The third kappa shape index (κ3) is 1.95. The summed E-state index contributed by atoms with van der Waals surface area (Å²) in [4.78, 5) is 0. The first kappa shape index (κ1) is 11.5. The van der Waals surface area contributed by atoms with Crippen molar-refractivity contribution in [1.29, 1.82) is 5.26 Å². The molecule has 3 nitrogen and oxygen atoms in total. The number of nitriles is 1. The van der Waals surface area contributed by atoms with Crippen molar-refractivity contribution >= 4 is 0 Å². The number of hydrogen-bond acceptors (Lipinski definition) is 3. The van der Waals surface area contributed by atoms with E-state index in [1.165, 1.54) is 0 Å². The Hall–Kier alpha value is -1.53. The first-order valence-electron chi connectivity index (χ1n) is 4.82. The highest BCUT2D eigenvalue weighted by Gasteiger charge is 2.17. The van der Waals surface area contributed by atoms with Crippen molar-refractivity contribution in [1.82, 2.24) is 0 Å². The van der Waals surface area contributed by atoms with Gasteiger partial charge in [-0.25, -0.2) is 0 Å². The molecular formula is C12H16N2O. The largest absolute Gasteiger partial charge is 0.496 e. The Kier molecular flexibility index (Phi) is 3.33. The molecule has 2 N–H and O–H groups in total. The van der Waals surface area contributed by atoms with Gasteiger partial charge in [-0.05, 0) is 37.5 Å². The monoisotopic (exact) mass is 204 g/mol. The molecule has 0 aliphatic heterocycles. The maximum absolute atomic E-state index is 8.86. The second kappa shape index (κ2) is 4.33. The molecule has 1 aromatic carbocycles. The van der Waals surface area contributed by atoms with Crippen LogP contribution in [-0.4, -0.2) is 7.11 Å². The molecule has 0 spiro atoms. The quantitative estimate of drug-likeness (QED) is 0.803. The number of rotatable bonds is 2. The fourth-order valence-corrected chi connectivity index (χ4v) is 1.79. The fraction of sp³-hybridized carbons (Fsp3) is 0.417. The Labute approximate surface area is 90.5 Å². The minimum Gasteiger partial charge on any atom is -0.496 e. The molecule has 1 aromatic rings. The summed E-state index contributed by atoms with van der Waals surface area (Å²) in [6, 6.07) is 3.45. The standard InChI is InChI=1S/C12H16N2O/c1-7-5-8(2)11(10(14)6-13)12(15-4)9(7)3/h5,10H,14H2,1-4H3. The molecule has 0 amide bonds. The highest BCUT2D eigenvalue weighted by atomic mass is 16.5. The average molecular weight is 204 g/mol. The Balaban J connectivity index is 3.50. The van der Waals surface area contributed by atoms with Crippen molar-refractivity contribution in [2.45, 2.75) is 26.8 Å². The first-order chi connectivity index (χ1) is 7.02. The van der Waals surface area contributed by atoms with Crippen LogP contribution in [0, 0.1) is 32.1 Å². The van der Waals surface area contributed by atoms with Crippen molar-refractivity contribution in [3.63, 3.8) is 0 Å². The van der Waals surface area contributed by atoms with E-state index in [-0.39, 0.29) is 0 Å². The smallest absolute Gasteiger partial charge is 0.128 e. The van der Waals surface area contributed by atoms with Crippen LogP contribution in [0.15, 0.2) is 6.07 Å². The van der Waals surface area contributed by atoms with Crippen LogP contribution in [0.4, 0.5) is 0 Å². The van der Waals surface area contributed by atoms with E-state index < -0.39 is 6.04 Å². The zero-order valence-electron chi connectivity index (χ0n) is 9.59. The number of nitrogens with two attached hydrogens (primary N) is 1. The average Bonchev–Trinajstić information content (AvgIpc) is 2.21. The molecule has 0 aliphatic rings. The molecule has 0 saturated heterocycles. The van der Waals surface area contributed by atoms with Gasteiger partial charge in [-0.15, -0.1) is 0 Å². The van der Waals surface area contributed by atoms with Crippen molar-refractivity contribution in [3.05, 3.63) is 28.3 Å². The summed E-state index contributed by atoms with van der Waals surface area (Å²) in [6.07, 6.45) is 0. The van der Waals surface area contributed by atoms with Gasteiger partial charge in [-0.3, -0.25) is 0 Å². The van der Waals surface area contributed by atoms with Crippen LogP contribution >= 0.6 is 0 Å². The van der Waals surface area contributed by atoms with Crippen LogP contribution in [0.25, 0.3) is 0 Å². The number of nitrogens with zero attached hydrogens (tertiary/aromatic N) is 1. The summed E-state index contributed by atoms with van der Waals surface area (Å²) < 4.78 is 5.33. The van der Waals surface area contributed by atoms with Gasteiger partial charge in [-0.2, -0.15) is 5.26 Å². The lowest BCUT2D eigenvalue weighted by atomic mass is 9.95. The van der Waals surface area contributed by atoms with Crippen molar-refractivity contribution < 1.29 is 4.74 Å². The second-order valence-corrected chi connectivity index (χ2v) is 3.69. The maximum atomic E-state index is 8.86. The van der Waals surface area contributed by atoms with Gasteiger partial charge < -0.3 is 10.5 Å². The molecule has 0 fully saturated rings. The van der Waals surface area contributed by atoms with Crippen molar-refractivity contribution in [2.75, 3.05) is 7.11 Å². The van der Waals surface area contributed by atoms with Gasteiger partial charge in [0.05, 0.1) is 13.2 Å². The normalized spacial score (nSPS) is 12.0. The van der Waals surface area contributed by atoms with E-state index in [2.05, 4.69) is 0 Å². The zero-order valence-corrected chi connectivity index (χ0v) is 9.59. The minimum atomic E-state index is -0.626. The topological polar surface area (TPSA) is 59.0 Å². The molecule has 0 aliphatic carbocycles.